The normalized spacial score (nSPS) is 31.0. The molecular formula is C23H37I2N3Pt. The number of rotatable bonds is 3. The van der Waals surface area contributed by atoms with Crippen LogP contribution in [-0.2, 0) is 19.4 Å². The zero-order valence-corrected chi connectivity index (χ0v) is 24.2. The van der Waals surface area contributed by atoms with Gasteiger partial charge in [0.2, 0.25) is 0 Å². The molecule has 0 saturated heterocycles. The molecule has 6 rings (SSSR count). The van der Waals surface area contributed by atoms with Gasteiger partial charge < -0.3 is 0 Å². The molecule has 0 spiro atoms. The molecule has 0 amide bonds. The van der Waals surface area contributed by atoms with Crippen LogP contribution >= 0.6 is 45.7 Å². The molecule has 1 aromatic rings. The minimum absolute atomic E-state index is 0.593. The zero-order chi connectivity index (χ0) is 20.3. The Morgan fingerprint density at radius 3 is 1.48 bits per heavy atom. The Bertz CT molecular complexity index is 641. The van der Waals surface area contributed by atoms with Gasteiger partial charge in [-0.15, -0.1) is 0 Å². The van der Waals surface area contributed by atoms with E-state index in [1.54, 1.807) is 0 Å². The molecule has 0 aliphatic heterocycles. The predicted molar refractivity (Wildman–Crippen MR) is 134 cm³/mol. The van der Waals surface area contributed by atoms with E-state index >= 15 is 0 Å². The Labute approximate surface area is 216 Å². The van der Waals surface area contributed by atoms with Gasteiger partial charge in [0, 0.05) is 51.3 Å². The van der Waals surface area contributed by atoms with Gasteiger partial charge in [-0.25, -0.2) is 0 Å². The molecule has 0 radical (unpaired) electrons. The quantitative estimate of drug-likeness (QED) is 0.223. The fraction of sp³-hybridized carbons (Fsp3) is 0.870. The Hall–Kier alpha value is 1.32. The van der Waals surface area contributed by atoms with Gasteiger partial charge in [-0.2, -0.15) is 1.33 Å². The molecule has 5 fully saturated rings. The van der Waals surface area contributed by atoms with Gasteiger partial charge in [-0.1, -0.05) is 0 Å². The van der Waals surface area contributed by atoms with Gasteiger partial charge in [0.1, 0.15) is 0 Å². The van der Waals surface area contributed by atoms with Crippen molar-refractivity contribution in [2.24, 2.45) is 5.92 Å². The predicted octanol–water partition coefficient (Wildman–Crippen LogP) is 8.09. The fourth-order valence-electron chi connectivity index (χ4n) is 6.11. The van der Waals surface area contributed by atoms with Crippen molar-refractivity contribution in [3.8, 4) is 0 Å². The second kappa shape index (κ2) is 11.0. The van der Waals surface area contributed by atoms with Crippen LogP contribution in [0.5, 0.6) is 0 Å². The number of fused-ring (bicyclic) bond motifs is 3. The van der Waals surface area contributed by atoms with Crippen molar-refractivity contribution in [2.75, 3.05) is 0 Å². The molecule has 1 heterocycles. The number of imidazole rings is 1. The SMILES string of the molecule is IN(I)C12CCC(CC1)CC2.[Pt]=[c]1n(C2CCCCC2)ccn1C1CCCCC1. The molecule has 5 aliphatic rings. The number of hydrogen-bond acceptors (Lipinski definition) is 1. The van der Waals surface area contributed by atoms with Gasteiger partial charge in [0.25, 0.3) is 0 Å². The summed E-state index contributed by atoms with van der Waals surface area (Å²) in [5.41, 5.74) is 0.593. The summed E-state index contributed by atoms with van der Waals surface area (Å²) in [7, 11) is 0. The topological polar surface area (TPSA) is 13.1 Å². The standard InChI is InChI=1S/C15H24N2.C8H13I2N.Pt/c1-3-7-14(8-4-1)16-11-12-17(13-16)15-9-5-2-6-10-15;9-11(10)8-4-1-7(2-5-8)3-6-8;/h11-12,14-15H,1-10H2;7H,1-6H2;. The molecule has 5 aliphatic carbocycles. The van der Waals surface area contributed by atoms with E-state index in [1.807, 2.05) is 0 Å². The van der Waals surface area contributed by atoms with Gasteiger partial charge in [0.05, 0.1) is 0 Å². The maximum atomic E-state index is 2.55. The second-order valence-electron chi connectivity index (χ2n) is 9.88. The molecule has 0 unspecified atom stereocenters. The molecule has 0 N–H and O–H groups in total. The zero-order valence-electron chi connectivity index (χ0n) is 17.6. The summed E-state index contributed by atoms with van der Waals surface area (Å²) in [6.07, 6.45) is 27.6. The van der Waals surface area contributed by atoms with Gasteiger partial charge in [-0.05, 0) is 44.4 Å². The van der Waals surface area contributed by atoms with Crippen LogP contribution in [0.1, 0.15) is 115 Å². The van der Waals surface area contributed by atoms with E-state index < -0.39 is 0 Å². The van der Waals surface area contributed by atoms with Crippen LogP contribution in [0, 0.1) is 9.72 Å². The van der Waals surface area contributed by atoms with E-state index in [0.717, 1.165) is 18.0 Å². The minimum atomic E-state index is 0.593. The van der Waals surface area contributed by atoms with E-state index in [4.69, 9.17) is 0 Å². The van der Waals surface area contributed by atoms with Crippen LogP contribution in [0.2, 0.25) is 0 Å². The first kappa shape index (κ1) is 23.5. The molecule has 6 heteroatoms. The van der Waals surface area contributed by atoms with Crippen molar-refractivity contribution in [1.29, 1.82) is 0 Å². The van der Waals surface area contributed by atoms with E-state index in [1.165, 1.54) is 107 Å². The van der Waals surface area contributed by atoms with Crippen LogP contribution in [0.15, 0.2) is 12.4 Å². The molecule has 5 saturated carbocycles. The molecule has 2 bridgehead atoms. The van der Waals surface area contributed by atoms with Crippen LogP contribution in [0.3, 0.4) is 0 Å². The summed E-state index contributed by atoms with van der Waals surface area (Å²) in [5, 5.41) is 0. The monoisotopic (exact) mass is 804 g/mol. The Morgan fingerprint density at radius 2 is 1.14 bits per heavy atom. The average molecular weight is 804 g/mol. The van der Waals surface area contributed by atoms with Crippen molar-refractivity contribution in [3.63, 3.8) is 0 Å². The van der Waals surface area contributed by atoms with Crippen LogP contribution in [0.25, 0.3) is 0 Å². The summed E-state index contributed by atoms with van der Waals surface area (Å²) in [6.45, 7) is 0. The van der Waals surface area contributed by atoms with Gasteiger partial charge in [-0.3, -0.25) is 0 Å². The van der Waals surface area contributed by atoms with Crippen molar-refractivity contribution in [3.05, 3.63) is 16.2 Å². The molecule has 0 atom stereocenters. The summed E-state index contributed by atoms with van der Waals surface area (Å²) >= 11 is 7.47. The van der Waals surface area contributed by atoms with Crippen molar-refractivity contribution < 1.29 is 19.4 Å². The van der Waals surface area contributed by atoms with Gasteiger partial charge >= 0.3 is 121 Å². The van der Waals surface area contributed by atoms with Crippen molar-refractivity contribution >= 4 is 45.7 Å². The summed E-state index contributed by atoms with van der Waals surface area (Å²) in [5.74, 6) is 1.09. The third-order valence-electron chi connectivity index (χ3n) is 8.13. The maximum absolute atomic E-state index is 2.55. The van der Waals surface area contributed by atoms with Crippen LogP contribution < -0.4 is 0 Å². The first-order chi connectivity index (χ1) is 14.1. The van der Waals surface area contributed by atoms with E-state index in [2.05, 4.69) is 87.9 Å². The summed E-state index contributed by atoms with van der Waals surface area (Å²) in [4.78, 5) is 0. The first-order valence-electron chi connectivity index (χ1n) is 12.0. The Balaban J connectivity index is 0.000000159. The Morgan fingerprint density at radius 1 is 0.724 bits per heavy atom. The van der Waals surface area contributed by atoms with E-state index in [0.29, 0.717) is 5.54 Å². The van der Waals surface area contributed by atoms with E-state index in [-0.39, 0.29) is 0 Å². The van der Waals surface area contributed by atoms with Crippen molar-refractivity contribution in [2.45, 2.75) is 120 Å². The van der Waals surface area contributed by atoms with Crippen LogP contribution in [0.4, 0.5) is 0 Å². The number of aromatic nitrogens is 2. The number of nitrogens with zero attached hydrogens (tertiary/aromatic N) is 3. The molecule has 1 aromatic heterocycles. The molecule has 168 valence electrons. The van der Waals surface area contributed by atoms with Gasteiger partial charge in [0.15, 0.2) is 0 Å². The molecule has 0 aromatic carbocycles. The average Bonchev–Trinajstić information content (AvgIpc) is 3.18. The van der Waals surface area contributed by atoms with E-state index in [9.17, 15) is 0 Å². The molecular weight excluding hydrogens is 767 g/mol. The first-order valence-corrected chi connectivity index (χ1v) is 15.0. The van der Waals surface area contributed by atoms with Crippen molar-refractivity contribution in [1.82, 2.24) is 10.5 Å². The summed E-state index contributed by atoms with van der Waals surface area (Å²) < 4.78 is 8.98. The fourth-order valence-corrected chi connectivity index (χ4v) is 8.73. The molecule has 3 nitrogen and oxygen atoms in total. The number of hydrogen-bond donors (Lipinski definition) is 0. The summed E-state index contributed by atoms with van der Waals surface area (Å²) in [6, 6.07) is 1.55. The second-order valence-corrected chi connectivity index (χ2v) is 14.7. The Kier molecular flexibility index (Phi) is 8.87. The molecule has 29 heavy (non-hydrogen) atoms. The van der Waals surface area contributed by atoms with Crippen LogP contribution in [-0.4, -0.2) is 16.0 Å². The third kappa shape index (κ3) is 5.63. The third-order valence-corrected chi connectivity index (χ3v) is 11.4. The number of halogens is 2.